The highest BCUT2D eigenvalue weighted by atomic mass is 16.6. The van der Waals surface area contributed by atoms with E-state index in [1.807, 2.05) is 0 Å². The smallest absolute Gasteiger partial charge is 0.311 e. The number of hydrogen-bond donors (Lipinski definition) is 2. The van der Waals surface area contributed by atoms with Crippen molar-refractivity contribution in [2.24, 2.45) is 5.92 Å². The zero-order valence-corrected chi connectivity index (χ0v) is 13.8. The van der Waals surface area contributed by atoms with Gasteiger partial charge in [0.05, 0.1) is 25.1 Å². The summed E-state index contributed by atoms with van der Waals surface area (Å²) in [5, 5.41) is 13.8. The summed E-state index contributed by atoms with van der Waals surface area (Å²) < 4.78 is 5.05. The van der Waals surface area contributed by atoms with Crippen molar-refractivity contribution >= 4 is 17.3 Å². The number of methoxy groups -OCH3 is 1. The fourth-order valence-corrected chi connectivity index (χ4v) is 3.09. The van der Waals surface area contributed by atoms with Crippen molar-refractivity contribution in [3.05, 3.63) is 27.8 Å². The zero-order valence-electron chi connectivity index (χ0n) is 13.8. The van der Waals surface area contributed by atoms with E-state index in [1.165, 1.54) is 30.6 Å². The summed E-state index contributed by atoms with van der Waals surface area (Å²) in [6, 6.07) is 2.93. The minimum Gasteiger partial charge on any atom is -0.490 e. The van der Waals surface area contributed by atoms with Gasteiger partial charge in [-0.2, -0.15) is 0 Å². The van der Waals surface area contributed by atoms with Crippen molar-refractivity contribution < 1.29 is 19.4 Å². The molecule has 2 atom stereocenters. The Hall–Kier alpha value is -2.15. The minimum atomic E-state index is -0.489. The normalized spacial score (nSPS) is 20.8. The molecule has 1 aromatic carbocycles. The molecule has 23 heavy (non-hydrogen) atoms. The molecule has 1 aliphatic rings. The molecule has 0 aromatic heterocycles. The van der Waals surface area contributed by atoms with Gasteiger partial charge in [-0.25, -0.2) is 0 Å². The third kappa shape index (κ3) is 4.41. The number of hydrogen-bond acceptors (Lipinski definition) is 4. The van der Waals surface area contributed by atoms with E-state index >= 15 is 0 Å². The third-order valence-electron chi connectivity index (χ3n) is 4.27. The molecule has 1 unspecified atom stereocenters. The van der Waals surface area contributed by atoms with E-state index in [0.29, 0.717) is 23.7 Å². The Morgan fingerprint density at radius 3 is 2.87 bits per heavy atom. The number of nitro benzene ring substituents is 1. The number of ether oxygens (including phenoxy) is 1. The summed E-state index contributed by atoms with van der Waals surface area (Å²) in [5.41, 5.74) is 1.10. The molecule has 1 aromatic rings. The molecule has 1 saturated heterocycles. The van der Waals surface area contributed by atoms with Crippen molar-refractivity contribution in [3.63, 3.8) is 0 Å². The number of carbonyl (C=O) groups is 1. The van der Waals surface area contributed by atoms with Gasteiger partial charge >= 0.3 is 5.69 Å². The van der Waals surface area contributed by atoms with Crippen LogP contribution in [0.1, 0.15) is 25.3 Å². The van der Waals surface area contributed by atoms with Gasteiger partial charge in [-0.3, -0.25) is 14.9 Å². The number of benzene rings is 1. The van der Waals surface area contributed by atoms with Crippen LogP contribution < -0.4 is 15.0 Å². The predicted octanol–water partition coefficient (Wildman–Crippen LogP) is 1.17. The van der Waals surface area contributed by atoms with Crippen LogP contribution >= 0.6 is 0 Å². The summed E-state index contributed by atoms with van der Waals surface area (Å²) in [5.74, 6) is 0.718. The van der Waals surface area contributed by atoms with Gasteiger partial charge in [0, 0.05) is 23.7 Å². The van der Waals surface area contributed by atoms with Crippen LogP contribution in [0.15, 0.2) is 12.1 Å². The molecule has 1 amide bonds. The van der Waals surface area contributed by atoms with Crippen molar-refractivity contribution in [2.75, 3.05) is 32.1 Å². The molecule has 7 nitrogen and oxygen atoms in total. The van der Waals surface area contributed by atoms with E-state index in [2.05, 4.69) is 12.2 Å². The second-order valence-electron chi connectivity index (χ2n) is 6.27. The quantitative estimate of drug-likeness (QED) is 0.629. The number of anilines is 1. The molecule has 0 saturated carbocycles. The van der Waals surface area contributed by atoms with E-state index in [0.717, 1.165) is 19.5 Å². The minimum absolute atomic E-state index is 0.0758. The number of piperidine rings is 1. The maximum atomic E-state index is 12.3. The van der Waals surface area contributed by atoms with E-state index in [9.17, 15) is 14.9 Å². The van der Waals surface area contributed by atoms with Gasteiger partial charge in [0.1, 0.15) is 0 Å². The maximum absolute atomic E-state index is 12.3. The zero-order chi connectivity index (χ0) is 17.0. The highest BCUT2D eigenvalue weighted by Gasteiger charge is 2.23. The second-order valence-corrected chi connectivity index (χ2v) is 6.27. The van der Waals surface area contributed by atoms with E-state index in [1.54, 1.807) is 6.92 Å². The van der Waals surface area contributed by atoms with Crippen LogP contribution in [0, 0.1) is 23.0 Å². The van der Waals surface area contributed by atoms with Crippen LogP contribution in [0.2, 0.25) is 0 Å². The van der Waals surface area contributed by atoms with Crippen LogP contribution in [0.3, 0.4) is 0 Å². The first-order valence-corrected chi connectivity index (χ1v) is 7.87. The van der Waals surface area contributed by atoms with Crippen LogP contribution in [0.4, 0.5) is 11.4 Å². The van der Waals surface area contributed by atoms with Gasteiger partial charge in [-0.15, -0.1) is 0 Å². The Bertz CT molecular complexity index is 603. The number of quaternary nitrogens is 1. The van der Waals surface area contributed by atoms with Crippen molar-refractivity contribution in [1.29, 1.82) is 0 Å². The van der Waals surface area contributed by atoms with Crippen LogP contribution in [-0.2, 0) is 4.79 Å². The molecule has 1 heterocycles. The predicted molar refractivity (Wildman–Crippen MR) is 87.0 cm³/mol. The fourth-order valence-electron chi connectivity index (χ4n) is 3.09. The van der Waals surface area contributed by atoms with Crippen molar-refractivity contribution in [2.45, 2.75) is 26.7 Å². The molecule has 2 N–H and O–H groups in total. The lowest BCUT2D eigenvalue weighted by Crippen LogP contribution is -3.14. The first kappa shape index (κ1) is 17.2. The number of nitro groups is 1. The molecule has 0 spiro atoms. The number of amides is 1. The third-order valence-corrected chi connectivity index (χ3v) is 4.27. The average molecular weight is 322 g/mol. The van der Waals surface area contributed by atoms with Gasteiger partial charge in [0.2, 0.25) is 0 Å². The molecule has 7 heteroatoms. The molecule has 2 rings (SSSR count). The Kier molecular flexibility index (Phi) is 5.54. The summed E-state index contributed by atoms with van der Waals surface area (Å²) >= 11 is 0. The lowest BCUT2D eigenvalue weighted by Gasteiger charge is -2.27. The number of nitrogens with one attached hydrogen (secondary N) is 2. The summed E-state index contributed by atoms with van der Waals surface area (Å²) in [7, 11) is 1.38. The number of likely N-dealkylation sites (tertiary alicyclic amines) is 1. The highest BCUT2D eigenvalue weighted by Crippen LogP contribution is 2.32. The van der Waals surface area contributed by atoms with E-state index in [4.69, 9.17) is 4.74 Å². The van der Waals surface area contributed by atoms with Gasteiger partial charge in [0.15, 0.2) is 12.3 Å². The second kappa shape index (κ2) is 7.41. The number of carbonyl (C=O) groups excluding carboxylic acids is 1. The first-order valence-electron chi connectivity index (χ1n) is 7.87. The van der Waals surface area contributed by atoms with Crippen LogP contribution in [0.5, 0.6) is 5.75 Å². The largest absolute Gasteiger partial charge is 0.490 e. The van der Waals surface area contributed by atoms with Gasteiger partial charge < -0.3 is 15.0 Å². The topological polar surface area (TPSA) is 85.9 Å². The molecular weight excluding hydrogens is 298 g/mol. The summed E-state index contributed by atoms with van der Waals surface area (Å²) in [4.78, 5) is 24.0. The number of aryl methyl sites for hydroxylation is 1. The number of rotatable bonds is 5. The van der Waals surface area contributed by atoms with Crippen LogP contribution in [-0.4, -0.2) is 37.6 Å². The fraction of sp³-hybridized carbons (Fsp3) is 0.562. The Morgan fingerprint density at radius 1 is 1.52 bits per heavy atom. The first-order chi connectivity index (χ1) is 10.9. The lowest BCUT2D eigenvalue weighted by molar-refractivity contribution is -0.900. The summed E-state index contributed by atoms with van der Waals surface area (Å²) in [6.45, 7) is 6.39. The van der Waals surface area contributed by atoms with Gasteiger partial charge in [-0.1, -0.05) is 6.92 Å². The van der Waals surface area contributed by atoms with E-state index in [-0.39, 0.29) is 17.3 Å². The SMILES string of the molecule is COc1cc(NC(=O)C[NH+]2CCC[C@@H](C)C2)c(C)cc1[N+](=O)[O-]. The monoisotopic (exact) mass is 322 g/mol. The molecule has 1 fully saturated rings. The van der Waals surface area contributed by atoms with Crippen molar-refractivity contribution in [3.8, 4) is 5.75 Å². The molecule has 0 bridgehead atoms. The Morgan fingerprint density at radius 2 is 2.26 bits per heavy atom. The maximum Gasteiger partial charge on any atom is 0.311 e. The molecule has 0 radical (unpaired) electrons. The Labute approximate surface area is 135 Å². The highest BCUT2D eigenvalue weighted by molar-refractivity contribution is 5.92. The van der Waals surface area contributed by atoms with Crippen LogP contribution in [0.25, 0.3) is 0 Å². The number of nitrogens with zero attached hydrogens (tertiary/aromatic N) is 1. The van der Waals surface area contributed by atoms with Gasteiger partial charge in [0.25, 0.3) is 5.91 Å². The standard InChI is InChI=1S/C16H23N3O4/c1-11-5-4-6-18(9-11)10-16(20)17-13-8-15(23-3)14(19(21)22)7-12(13)2/h7-8,11H,4-6,9-10H2,1-3H3,(H,17,20)/p+1/t11-/m1/s1. The Balaban J connectivity index is 2.07. The molecule has 126 valence electrons. The van der Waals surface area contributed by atoms with Crippen molar-refractivity contribution in [1.82, 2.24) is 0 Å². The summed E-state index contributed by atoms with van der Waals surface area (Å²) in [6.07, 6.45) is 2.37. The van der Waals surface area contributed by atoms with E-state index < -0.39 is 4.92 Å². The van der Waals surface area contributed by atoms with Gasteiger partial charge in [-0.05, 0) is 25.3 Å². The molecule has 0 aliphatic carbocycles. The lowest BCUT2D eigenvalue weighted by atomic mass is 10.0. The average Bonchev–Trinajstić information content (AvgIpc) is 2.48. The molecule has 1 aliphatic heterocycles. The molecular formula is C16H24N3O4+.